The SMILES string of the molecule is CC(C)Oc1ccc(COc2ccc(CN3CC(C(=O)O)C3)nc2)cc1C#N. The normalized spacial score (nSPS) is 14.4. The van der Waals surface area contributed by atoms with Crippen molar-refractivity contribution >= 4 is 5.97 Å². The van der Waals surface area contributed by atoms with Crippen LogP contribution in [-0.2, 0) is 17.9 Å². The van der Waals surface area contributed by atoms with Gasteiger partial charge in [-0.2, -0.15) is 5.26 Å². The molecule has 0 radical (unpaired) electrons. The van der Waals surface area contributed by atoms with Crippen LogP contribution in [0, 0.1) is 17.2 Å². The molecule has 1 N–H and O–H groups in total. The third kappa shape index (κ3) is 4.99. The summed E-state index contributed by atoms with van der Waals surface area (Å²) in [7, 11) is 0. The Bertz CT molecular complexity index is 868. The summed E-state index contributed by atoms with van der Waals surface area (Å²) in [4.78, 5) is 17.3. The number of nitrogens with zero attached hydrogens (tertiary/aromatic N) is 3. The minimum atomic E-state index is -0.740. The van der Waals surface area contributed by atoms with Crippen molar-refractivity contribution in [2.24, 2.45) is 5.92 Å². The fourth-order valence-electron chi connectivity index (χ4n) is 2.95. The van der Waals surface area contributed by atoms with E-state index >= 15 is 0 Å². The van der Waals surface area contributed by atoms with Crippen LogP contribution < -0.4 is 9.47 Å². The van der Waals surface area contributed by atoms with Crippen LogP contribution in [0.3, 0.4) is 0 Å². The molecule has 0 unspecified atom stereocenters. The highest BCUT2D eigenvalue weighted by Gasteiger charge is 2.32. The first kappa shape index (κ1) is 19.6. The number of carbonyl (C=O) groups is 1. The summed E-state index contributed by atoms with van der Waals surface area (Å²) in [6.45, 7) is 5.92. The molecule has 0 saturated carbocycles. The van der Waals surface area contributed by atoms with Crippen LogP contribution in [0.15, 0.2) is 36.5 Å². The highest BCUT2D eigenvalue weighted by Crippen LogP contribution is 2.22. The molecule has 0 aliphatic carbocycles. The lowest BCUT2D eigenvalue weighted by Gasteiger charge is -2.36. The third-order valence-corrected chi connectivity index (χ3v) is 4.42. The number of hydrogen-bond acceptors (Lipinski definition) is 6. The van der Waals surface area contributed by atoms with Gasteiger partial charge in [-0.3, -0.25) is 14.7 Å². The number of carboxylic acid groups (broad SMARTS) is 1. The molecule has 7 nitrogen and oxygen atoms in total. The number of ether oxygens (including phenoxy) is 2. The number of likely N-dealkylation sites (tertiary alicyclic amines) is 1. The van der Waals surface area contributed by atoms with E-state index in [4.69, 9.17) is 14.6 Å². The smallest absolute Gasteiger partial charge is 0.309 e. The van der Waals surface area contributed by atoms with Crippen molar-refractivity contribution < 1.29 is 19.4 Å². The summed E-state index contributed by atoms with van der Waals surface area (Å²) >= 11 is 0. The summed E-state index contributed by atoms with van der Waals surface area (Å²) in [6, 6.07) is 11.3. The Hall–Kier alpha value is -3.11. The highest BCUT2D eigenvalue weighted by molar-refractivity contribution is 5.71. The zero-order valence-corrected chi connectivity index (χ0v) is 16.0. The van der Waals surface area contributed by atoms with Gasteiger partial charge in [0, 0.05) is 19.6 Å². The Morgan fingerprint density at radius 1 is 1.36 bits per heavy atom. The summed E-state index contributed by atoms with van der Waals surface area (Å²) in [5.74, 6) is 0.203. The standard InChI is InChI=1S/C21H23N3O4/c1-14(2)28-20-6-3-15(7-16(20)8-22)13-27-19-5-4-18(23-9-19)12-24-10-17(11-24)21(25)26/h3-7,9,14,17H,10-13H2,1-2H3,(H,25,26). The van der Waals surface area contributed by atoms with Gasteiger partial charge in [0.2, 0.25) is 0 Å². The van der Waals surface area contributed by atoms with Gasteiger partial charge < -0.3 is 14.6 Å². The predicted octanol–water partition coefficient (Wildman–Crippen LogP) is 2.84. The fraction of sp³-hybridized carbons (Fsp3) is 0.381. The van der Waals surface area contributed by atoms with Gasteiger partial charge in [-0.25, -0.2) is 0 Å². The molecule has 7 heteroatoms. The topological polar surface area (TPSA) is 95.7 Å². The van der Waals surface area contributed by atoms with Crippen molar-refractivity contribution in [3.8, 4) is 17.6 Å². The lowest BCUT2D eigenvalue weighted by Crippen LogP contribution is -2.49. The van der Waals surface area contributed by atoms with E-state index in [1.807, 2.05) is 36.9 Å². The highest BCUT2D eigenvalue weighted by atomic mass is 16.5. The maximum absolute atomic E-state index is 10.8. The van der Waals surface area contributed by atoms with Crippen molar-refractivity contribution in [1.29, 1.82) is 5.26 Å². The van der Waals surface area contributed by atoms with Crippen LogP contribution in [0.25, 0.3) is 0 Å². The molecule has 1 aliphatic heterocycles. The fourth-order valence-corrected chi connectivity index (χ4v) is 2.95. The van der Waals surface area contributed by atoms with Crippen LogP contribution in [0.1, 0.15) is 30.7 Å². The van der Waals surface area contributed by atoms with Crippen LogP contribution in [0.2, 0.25) is 0 Å². The number of aromatic nitrogens is 1. The molecule has 3 rings (SSSR count). The van der Waals surface area contributed by atoms with Crippen LogP contribution in [0.5, 0.6) is 11.5 Å². The zero-order chi connectivity index (χ0) is 20.1. The lowest BCUT2D eigenvalue weighted by atomic mass is 10.0. The van der Waals surface area contributed by atoms with Gasteiger partial charge in [-0.05, 0) is 43.7 Å². The maximum atomic E-state index is 10.8. The van der Waals surface area contributed by atoms with Gasteiger partial charge in [-0.1, -0.05) is 6.07 Å². The van der Waals surface area contributed by atoms with E-state index in [9.17, 15) is 10.1 Å². The predicted molar refractivity (Wildman–Crippen MR) is 102 cm³/mol. The van der Waals surface area contributed by atoms with Crippen LogP contribution in [-0.4, -0.2) is 40.2 Å². The van der Waals surface area contributed by atoms with E-state index in [1.54, 1.807) is 18.3 Å². The maximum Gasteiger partial charge on any atom is 0.309 e. The second kappa shape index (κ2) is 8.72. The summed E-state index contributed by atoms with van der Waals surface area (Å²) in [6.07, 6.45) is 1.66. The number of benzene rings is 1. The molecule has 2 heterocycles. The first-order chi connectivity index (χ1) is 13.4. The Balaban J connectivity index is 1.52. The second-order valence-electron chi connectivity index (χ2n) is 7.11. The van der Waals surface area contributed by atoms with Gasteiger partial charge in [0.15, 0.2) is 0 Å². The Kier molecular flexibility index (Phi) is 6.12. The number of aliphatic carboxylic acids is 1. The molecule has 0 atom stereocenters. The molecule has 0 bridgehead atoms. The Labute approximate surface area is 164 Å². The number of carboxylic acids is 1. The van der Waals surface area contributed by atoms with Crippen molar-refractivity contribution in [3.63, 3.8) is 0 Å². The first-order valence-electron chi connectivity index (χ1n) is 9.17. The molecule has 2 aromatic rings. The summed E-state index contributed by atoms with van der Waals surface area (Å²) in [5.41, 5.74) is 2.23. The van der Waals surface area contributed by atoms with E-state index < -0.39 is 5.97 Å². The van der Waals surface area contributed by atoms with E-state index in [0.717, 1.165) is 11.3 Å². The number of nitriles is 1. The van der Waals surface area contributed by atoms with Gasteiger partial charge in [0.25, 0.3) is 0 Å². The molecule has 0 amide bonds. The number of rotatable bonds is 8. The molecule has 0 spiro atoms. The molecule has 1 aromatic carbocycles. The van der Waals surface area contributed by atoms with Crippen molar-refractivity contribution in [2.75, 3.05) is 13.1 Å². The average Bonchev–Trinajstić information content (AvgIpc) is 2.63. The molecule has 1 fully saturated rings. The second-order valence-corrected chi connectivity index (χ2v) is 7.11. The molecule has 1 aromatic heterocycles. The molecule has 1 aliphatic rings. The van der Waals surface area contributed by atoms with Crippen molar-refractivity contribution in [3.05, 3.63) is 53.3 Å². The minimum Gasteiger partial charge on any atom is -0.490 e. The van der Waals surface area contributed by atoms with Gasteiger partial charge in [0.05, 0.1) is 29.5 Å². The third-order valence-electron chi connectivity index (χ3n) is 4.42. The average molecular weight is 381 g/mol. The van der Waals surface area contributed by atoms with Gasteiger partial charge in [-0.15, -0.1) is 0 Å². The minimum absolute atomic E-state index is 0.00469. The molecular weight excluding hydrogens is 358 g/mol. The zero-order valence-electron chi connectivity index (χ0n) is 16.0. The van der Waals surface area contributed by atoms with Gasteiger partial charge in [0.1, 0.15) is 24.2 Å². The lowest BCUT2D eigenvalue weighted by molar-refractivity contribution is -0.147. The Morgan fingerprint density at radius 3 is 2.75 bits per heavy atom. The number of hydrogen-bond donors (Lipinski definition) is 1. The first-order valence-corrected chi connectivity index (χ1v) is 9.17. The largest absolute Gasteiger partial charge is 0.490 e. The molecule has 28 heavy (non-hydrogen) atoms. The van der Waals surface area contributed by atoms with Gasteiger partial charge >= 0.3 is 5.97 Å². The van der Waals surface area contributed by atoms with Crippen LogP contribution in [0.4, 0.5) is 0 Å². The van der Waals surface area contributed by atoms with Crippen molar-refractivity contribution in [2.45, 2.75) is 33.1 Å². The quantitative estimate of drug-likeness (QED) is 0.751. The van der Waals surface area contributed by atoms with Crippen LogP contribution >= 0.6 is 0 Å². The molecular formula is C21H23N3O4. The molecule has 146 valence electrons. The Morgan fingerprint density at radius 2 is 2.14 bits per heavy atom. The van der Waals surface area contributed by atoms with E-state index in [1.165, 1.54) is 0 Å². The summed E-state index contributed by atoms with van der Waals surface area (Å²) < 4.78 is 11.4. The molecule has 1 saturated heterocycles. The van der Waals surface area contributed by atoms with E-state index in [-0.39, 0.29) is 12.0 Å². The van der Waals surface area contributed by atoms with Crippen molar-refractivity contribution in [1.82, 2.24) is 9.88 Å². The van der Waals surface area contributed by atoms with E-state index in [0.29, 0.717) is 43.3 Å². The van der Waals surface area contributed by atoms with E-state index in [2.05, 4.69) is 11.1 Å². The monoisotopic (exact) mass is 381 g/mol. The summed E-state index contributed by atoms with van der Waals surface area (Å²) in [5, 5.41) is 18.2. The number of pyridine rings is 1.